The van der Waals surface area contributed by atoms with E-state index in [2.05, 4.69) is 26.6 Å². The van der Waals surface area contributed by atoms with Gasteiger partial charge in [0, 0.05) is 13.0 Å². The SMILES string of the molecule is CC(C)C[C@H](CNC(=O)CNC(=O)CBr)CC(=O)O. The molecule has 0 aromatic rings. The molecule has 0 aromatic heterocycles. The number of hydrogen-bond donors (Lipinski definition) is 3. The number of nitrogens with one attached hydrogen (secondary N) is 2. The maximum absolute atomic E-state index is 11.5. The minimum absolute atomic E-state index is 0.0339. The van der Waals surface area contributed by atoms with E-state index in [4.69, 9.17) is 5.11 Å². The molecule has 7 heteroatoms. The summed E-state index contributed by atoms with van der Waals surface area (Å²) in [6.45, 7) is 4.24. The number of alkyl halides is 1. The van der Waals surface area contributed by atoms with E-state index < -0.39 is 5.97 Å². The van der Waals surface area contributed by atoms with Crippen molar-refractivity contribution in [1.82, 2.24) is 10.6 Å². The van der Waals surface area contributed by atoms with Crippen LogP contribution in [0.3, 0.4) is 0 Å². The van der Waals surface area contributed by atoms with Crippen molar-refractivity contribution in [2.24, 2.45) is 11.8 Å². The maximum atomic E-state index is 11.5. The Hall–Kier alpha value is -1.11. The number of hydrogen-bond acceptors (Lipinski definition) is 3. The highest BCUT2D eigenvalue weighted by molar-refractivity contribution is 9.09. The van der Waals surface area contributed by atoms with Crippen LogP contribution in [0, 0.1) is 11.8 Å². The highest BCUT2D eigenvalue weighted by Gasteiger charge is 2.16. The van der Waals surface area contributed by atoms with Crippen molar-refractivity contribution < 1.29 is 19.5 Å². The quantitative estimate of drug-likeness (QED) is 0.541. The molecule has 19 heavy (non-hydrogen) atoms. The van der Waals surface area contributed by atoms with Crippen LogP contribution in [0.1, 0.15) is 26.7 Å². The molecule has 0 saturated carbocycles. The van der Waals surface area contributed by atoms with Crippen LogP contribution in [0.25, 0.3) is 0 Å². The number of carbonyl (C=O) groups is 3. The standard InChI is InChI=1S/C12H21BrN2O4/c1-8(2)3-9(4-12(18)19)6-14-11(17)7-15-10(16)5-13/h8-9H,3-7H2,1-2H3,(H,14,17)(H,15,16)(H,18,19)/t9-/m0/s1. The molecule has 0 saturated heterocycles. The van der Waals surface area contributed by atoms with Crippen LogP contribution in [0.5, 0.6) is 0 Å². The van der Waals surface area contributed by atoms with E-state index in [0.717, 1.165) is 6.42 Å². The van der Waals surface area contributed by atoms with Crippen molar-refractivity contribution in [3.05, 3.63) is 0 Å². The van der Waals surface area contributed by atoms with Crippen molar-refractivity contribution >= 4 is 33.7 Å². The fraction of sp³-hybridized carbons (Fsp3) is 0.750. The molecule has 3 N–H and O–H groups in total. The average Bonchev–Trinajstić information content (AvgIpc) is 2.31. The predicted molar refractivity (Wildman–Crippen MR) is 75.0 cm³/mol. The van der Waals surface area contributed by atoms with Gasteiger partial charge in [-0.05, 0) is 18.3 Å². The zero-order chi connectivity index (χ0) is 14.8. The molecule has 0 rings (SSSR count). The molecule has 110 valence electrons. The number of carbonyl (C=O) groups excluding carboxylic acids is 2. The number of carboxylic acids is 1. The molecule has 2 amide bonds. The van der Waals surface area contributed by atoms with E-state index in [1.165, 1.54) is 0 Å². The Morgan fingerprint density at radius 3 is 2.26 bits per heavy atom. The molecule has 0 spiro atoms. The predicted octanol–water partition coefficient (Wildman–Crippen LogP) is 0.751. The molecule has 0 bridgehead atoms. The maximum Gasteiger partial charge on any atom is 0.303 e. The Bertz CT molecular complexity index is 321. The first-order valence-electron chi connectivity index (χ1n) is 6.16. The largest absolute Gasteiger partial charge is 0.481 e. The highest BCUT2D eigenvalue weighted by atomic mass is 79.9. The van der Waals surface area contributed by atoms with Crippen LogP contribution in [-0.4, -0.2) is 41.3 Å². The second-order valence-corrected chi connectivity index (χ2v) is 5.37. The van der Waals surface area contributed by atoms with Crippen LogP contribution < -0.4 is 10.6 Å². The molecule has 0 radical (unpaired) electrons. The fourth-order valence-electron chi connectivity index (χ4n) is 1.70. The number of rotatable bonds is 9. The van der Waals surface area contributed by atoms with Gasteiger partial charge in [-0.1, -0.05) is 29.8 Å². The van der Waals surface area contributed by atoms with Crippen molar-refractivity contribution in [3.63, 3.8) is 0 Å². The molecule has 6 nitrogen and oxygen atoms in total. The Labute approximate surface area is 121 Å². The molecular weight excluding hydrogens is 316 g/mol. The summed E-state index contributed by atoms with van der Waals surface area (Å²) in [7, 11) is 0. The van der Waals surface area contributed by atoms with Gasteiger partial charge in [-0.15, -0.1) is 0 Å². The van der Waals surface area contributed by atoms with E-state index >= 15 is 0 Å². The first-order chi connectivity index (χ1) is 8.85. The molecular formula is C12H21BrN2O4. The molecule has 0 aromatic carbocycles. The summed E-state index contributed by atoms with van der Waals surface area (Å²) in [5.74, 6) is -1.16. The third kappa shape index (κ3) is 10.5. The van der Waals surface area contributed by atoms with Crippen LogP contribution in [0.15, 0.2) is 0 Å². The normalized spacial score (nSPS) is 12.0. The topological polar surface area (TPSA) is 95.5 Å². The van der Waals surface area contributed by atoms with E-state index in [1.807, 2.05) is 13.8 Å². The Kier molecular flexibility index (Phi) is 9.20. The van der Waals surface area contributed by atoms with Gasteiger partial charge in [0.15, 0.2) is 0 Å². The van der Waals surface area contributed by atoms with E-state index in [-0.39, 0.29) is 36.0 Å². The van der Waals surface area contributed by atoms with Crippen LogP contribution >= 0.6 is 15.9 Å². The summed E-state index contributed by atoms with van der Waals surface area (Å²) in [5, 5.41) is 14.0. The molecule has 0 fully saturated rings. The zero-order valence-electron chi connectivity index (χ0n) is 11.2. The molecule has 0 aliphatic heterocycles. The summed E-state index contributed by atoms with van der Waals surface area (Å²) in [4.78, 5) is 33.1. The Morgan fingerprint density at radius 2 is 1.79 bits per heavy atom. The van der Waals surface area contributed by atoms with Gasteiger partial charge >= 0.3 is 5.97 Å². The molecule has 0 aliphatic carbocycles. The van der Waals surface area contributed by atoms with Crippen molar-refractivity contribution in [1.29, 1.82) is 0 Å². The number of amides is 2. The zero-order valence-corrected chi connectivity index (χ0v) is 12.8. The number of aliphatic carboxylic acids is 1. The lowest BCUT2D eigenvalue weighted by molar-refractivity contribution is -0.138. The smallest absolute Gasteiger partial charge is 0.303 e. The van der Waals surface area contributed by atoms with Gasteiger partial charge in [0.05, 0.1) is 11.9 Å². The molecule has 0 heterocycles. The van der Waals surface area contributed by atoms with Crippen molar-refractivity contribution in [2.45, 2.75) is 26.7 Å². The summed E-state index contributed by atoms with van der Waals surface area (Å²) < 4.78 is 0. The van der Waals surface area contributed by atoms with Gasteiger partial charge < -0.3 is 15.7 Å². The first-order valence-corrected chi connectivity index (χ1v) is 7.28. The lowest BCUT2D eigenvalue weighted by Crippen LogP contribution is -2.39. The van der Waals surface area contributed by atoms with E-state index in [1.54, 1.807) is 0 Å². The highest BCUT2D eigenvalue weighted by Crippen LogP contribution is 2.14. The van der Waals surface area contributed by atoms with Gasteiger partial charge in [0.25, 0.3) is 0 Å². The summed E-state index contributed by atoms with van der Waals surface area (Å²) in [6.07, 6.45) is 0.770. The Morgan fingerprint density at radius 1 is 1.16 bits per heavy atom. The summed E-state index contributed by atoms with van der Waals surface area (Å²) in [6, 6.07) is 0. The summed E-state index contributed by atoms with van der Waals surface area (Å²) in [5.41, 5.74) is 0. The third-order valence-electron chi connectivity index (χ3n) is 2.42. The van der Waals surface area contributed by atoms with E-state index in [9.17, 15) is 14.4 Å². The first kappa shape index (κ1) is 17.9. The van der Waals surface area contributed by atoms with Crippen LogP contribution in [-0.2, 0) is 14.4 Å². The molecule has 1 atom stereocenters. The van der Waals surface area contributed by atoms with Crippen molar-refractivity contribution in [2.75, 3.05) is 18.4 Å². The van der Waals surface area contributed by atoms with Crippen LogP contribution in [0.2, 0.25) is 0 Å². The second kappa shape index (κ2) is 9.77. The fourth-order valence-corrected chi connectivity index (χ4v) is 1.90. The minimum atomic E-state index is -0.868. The second-order valence-electron chi connectivity index (χ2n) is 4.81. The monoisotopic (exact) mass is 336 g/mol. The van der Waals surface area contributed by atoms with Gasteiger partial charge in [-0.2, -0.15) is 0 Å². The van der Waals surface area contributed by atoms with Crippen molar-refractivity contribution in [3.8, 4) is 0 Å². The van der Waals surface area contributed by atoms with Gasteiger partial charge in [-0.3, -0.25) is 14.4 Å². The van der Waals surface area contributed by atoms with E-state index in [0.29, 0.717) is 12.5 Å². The lowest BCUT2D eigenvalue weighted by atomic mass is 9.94. The lowest BCUT2D eigenvalue weighted by Gasteiger charge is -2.17. The van der Waals surface area contributed by atoms with Gasteiger partial charge in [0.1, 0.15) is 0 Å². The van der Waals surface area contributed by atoms with Gasteiger partial charge in [0.2, 0.25) is 11.8 Å². The van der Waals surface area contributed by atoms with Gasteiger partial charge in [-0.25, -0.2) is 0 Å². The minimum Gasteiger partial charge on any atom is -0.481 e. The summed E-state index contributed by atoms with van der Waals surface area (Å²) >= 11 is 2.97. The number of halogens is 1. The molecule has 0 aliphatic rings. The Balaban J connectivity index is 4.04. The third-order valence-corrected chi connectivity index (χ3v) is 2.93. The molecule has 0 unspecified atom stereocenters. The van der Waals surface area contributed by atoms with Crippen LogP contribution in [0.4, 0.5) is 0 Å². The average molecular weight is 337 g/mol. The number of carboxylic acid groups (broad SMARTS) is 1.